The van der Waals surface area contributed by atoms with Crippen LogP contribution in [0.1, 0.15) is 26.3 Å². The molecule has 0 bridgehead atoms. The molecule has 0 spiro atoms. The molecule has 0 aliphatic carbocycles. The standard InChI is InChI=1S/C24H24N2O7S/c1-4-31-17-9-7-16(8-10-17)26-22(28)18(21(27)25-24(26)34)12-15-6-11-19(20(13-15)32-5-2)33-14(3)23(29)30/h6-14H,4-5H2,1-3H3,(H,29,30)(H,25,27,34)/p-1/b18-12+/t14-/m1/s1. The fourth-order valence-corrected chi connectivity index (χ4v) is 3.42. The van der Waals surface area contributed by atoms with Gasteiger partial charge in [-0.05, 0) is 81.0 Å². The maximum absolute atomic E-state index is 13.2. The minimum atomic E-state index is -1.37. The molecule has 34 heavy (non-hydrogen) atoms. The number of nitrogens with zero attached hydrogens (tertiary/aromatic N) is 1. The number of carbonyl (C=O) groups excluding carboxylic acids is 3. The van der Waals surface area contributed by atoms with Crippen LogP contribution in [0.25, 0.3) is 6.08 Å². The molecule has 1 aliphatic heterocycles. The Bertz CT molecular complexity index is 1140. The van der Waals surface area contributed by atoms with Gasteiger partial charge < -0.3 is 24.1 Å². The van der Waals surface area contributed by atoms with E-state index in [1.165, 1.54) is 24.0 Å². The highest BCUT2D eigenvalue weighted by atomic mass is 32.1. The Balaban J connectivity index is 1.93. The molecule has 3 rings (SSSR count). The third-order valence-corrected chi connectivity index (χ3v) is 5.01. The molecule has 1 saturated heterocycles. The number of hydrogen-bond acceptors (Lipinski definition) is 8. The van der Waals surface area contributed by atoms with Crippen LogP contribution in [-0.2, 0) is 14.4 Å². The number of amides is 2. The Morgan fingerprint density at radius 2 is 1.76 bits per heavy atom. The van der Waals surface area contributed by atoms with Crippen molar-refractivity contribution < 1.29 is 33.7 Å². The number of anilines is 1. The van der Waals surface area contributed by atoms with Crippen molar-refractivity contribution in [1.29, 1.82) is 0 Å². The Kier molecular flexibility index (Phi) is 7.85. The quantitative estimate of drug-likeness (QED) is 0.326. The van der Waals surface area contributed by atoms with Crippen LogP contribution in [0.3, 0.4) is 0 Å². The molecule has 10 heteroatoms. The number of ether oxygens (including phenoxy) is 3. The van der Waals surface area contributed by atoms with Crippen LogP contribution in [0.2, 0.25) is 0 Å². The lowest BCUT2D eigenvalue weighted by Crippen LogP contribution is -2.54. The summed E-state index contributed by atoms with van der Waals surface area (Å²) in [5.41, 5.74) is 0.802. The van der Waals surface area contributed by atoms with Gasteiger partial charge in [0.15, 0.2) is 16.6 Å². The lowest BCUT2D eigenvalue weighted by molar-refractivity contribution is -0.312. The maximum atomic E-state index is 13.2. The zero-order valence-corrected chi connectivity index (χ0v) is 19.6. The van der Waals surface area contributed by atoms with Crippen molar-refractivity contribution in [2.75, 3.05) is 18.1 Å². The number of benzene rings is 2. The first kappa shape index (κ1) is 24.7. The summed E-state index contributed by atoms with van der Waals surface area (Å²) >= 11 is 5.22. The number of aliphatic carboxylic acids is 1. The van der Waals surface area contributed by atoms with E-state index in [-0.39, 0.29) is 28.8 Å². The zero-order chi connectivity index (χ0) is 24.8. The smallest absolute Gasteiger partial charge is 0.270 e. The molecule has 9 nitrogen and oxygen atoms in total. The fraction of sp³-hybridized carbons (Fsp3) is 0.250. The van der Waals surface area contributed by atoms with Crippen LogP contribution in [-0.4, -0.2) is 42.2 Å². The second kappa shape index (κ2) is 10.8. The van der Waals surface area contributed by atoms with Crippen LogP contribution in [0.4, 0.5) is 5.69 Å². The van der Waals surface area contributed by atoms with Gasteiger partial charge in [0.05, 0.1) is 24.9 Å². The van der Waals surface area contributed by atoms with Crippen molar-refractivity contribution >= 4 is 46.9 Å². The number of carbonyl (C=O) groups is 3. The molecule has 1 N–H and O–H groups in total. The van der Waals surface area contributed by atoms with Gasteiger partial charge in [0, 0.05) is 0 Å². The highest BCUT2D eigenvalue weighted by molar-refractivity contribution is 7.80. The first-order valence-electron chi connectivity index (χ1n) is 10.5. The average Bonchev–Trinajstić information content (AvgIpc) is 2.79. The van der Waals surface area contributed by atoms with Gasteiger partial charge in [0.25, 0.3) is 11.8 Å². The van der Waals surface area contributed by atoms with E-state index < -0.39 is 23.9 Å². The average molecular weight is 484 g/mol. The van der Waals surface area contributed by atoms with E-state index in [2.05, 4.69) is 5.32 Å². The van der Waals surface area contributed by atoms with E-state index >= 15 is 0 Å². The highest BCUT2D eigenvalue weighted by Gasteiger charge is 2.34. The summed E-state index contributed by atoms with van der Waals surface area (Å²) in [6, 6.07) is 11.4. The molecule has 0 radical (unpaired) electrons. The van der Waals surface area contributed by atoms with Crippen molar-refractivity contribution in [2.24, 2.45) is 0 Å². The zero-order valence-electron chi connectivity index (χ0n) is 18.8. The van der Waals surface area contributed by atoms with Crippen molar-refractivity contribution in [3.8, 4) is 17.2 Å². The third-order valence-electron chi connectivity index (χ3n) is 4.72. The van der Waals surface area contributed by atoms with Crippen LogP contribution in [0.5, 0.6) is 17.2 Å². The second-order valence-electron chi connectivity index (χ2n) is 7.10. The normalized spacial score (nSPS) is 15.7. The summed E-state index contributed by atoms with van der Waals surface area (Å²) in [4.78, 5) is 38.0. The Morgan fingerprint density at radius 3 is 2.38 bits per heavy atom. The first-order chi connectivity index (χ1) is 16.2. The largest absolute Gasteiger partial charge is 0.546 e. The minimum absolute atomic E-state index is 0.0358. The van der Waals surface area contributed by atoms with Gasteiger partial charge in [-0.3, -0.25) is 19.8 Å². The predicted molar refractivity (Wildman–Crippen MR) is 127 cm³/mol. The molecule has 0 saturated carbocycles. The van der Waals surface area contributed by atoms with Gasteiger partial charge in [-0.15, -0.1) is 0 Å². The Hall–Kier alpha value is -3.92. The topological polar surface area (TPSA) is 117 Å². The lowest BCUT2D eigenvalue weighted by Gasteiger charge is -2.29. The van der Waals surface area contributed by atoms with Crippen LogP contribution >= 0.6 is 12.2 Å². The van der Waals surface area contributed by atoms with E-state index in [0.717, 1.165) is 0 Å². The summed E-state index contributed by atoms with van der Waals surface area (Å²) in [6.07, 6.45) is 0.202. The first-order valence-corrected chi connectivity index (χ1v) is 10.9. The number of carboxylic acid groups (broad SMARTS) is 1. The van der Waals surface area contributed by atoms with Gasteiger partial charge in [0.2, 0.25) is 0 Å². The van der Waals surface area contributed by atoms with Gasteiger partial charge in [-0.25, -0.2) is 0 Å². The van der Waals surface area contributed by atoms with Gasteiger partial charge in [-0.1, -0.05) is 6.07 Å². The molecular weight excluding hydrogens is 460 g/mol. The molecule has 0 unspecified atom stereocenters. The summed E-state index contributed by atoms with van der Waals surface area (Å²) in [7, 11) is 0. The summed E-state index contributed by atoms with van der Waals surface area (Å²) in [5, 5.41) is 13.5. The maximum Gasteiger partial charge on any atom is 0.270 e. The molecule has 1 heterocycles. The molecule has 1 fully saturated rings. The fourth-order valence-electron chi connectivity index (χ4n) is 3.14. The second-order valence-corrected chi connectivity index (χ2v) is 7.49. The van der Waals surface area contributed by atoms with Crippen LogP contribution in [0.15, 0.2) is 48.0 Å². The molecule has 0 aromatic heterocycles. The number of nitrogens with one attached hydrogen (secondary N) is 1. The molecule has 1 aliphatic rings. The number of thiocarbonyl (C=S) groups is 1. The highest BCUT2D eigenvalue weighted by Crippen LogP contribution is 2.31. The number of rotatable bonds is 9. The number of hydrogen-bond donors (Lipinski definition) is 1. The van der Waals surface area contributed by atoms with E-state index in [9.17, 15) is 19.5 Å². The van der Waals surface area contributed by atoms with Gasteiger partial charge in [-0.2, -0.15) is 0 Å². The van der Waals surface area contributed by atoms with Gasteiger partial charge >= 0.3 is 0 Å². The lowest BCUT2D eigenvalue weighted by atomic mass is 10.1. The third kappa shape index (κ3) is 5.52. The number of carboxylic acids is 1. The van der Waals surface area contributed by atoms with Crippen molar-refractivity contribution in [1.82, 2.24) is 5.32 Å². The monoisotopic (exact) mass is 483 g/mol. The molecule has 2 amide bonds. The molecular formula is C24H23N2O7S-. The van der Waals surface area contributed by atoms with Crippen LogP contribution < -0.4 is 29.5 Å². The van der Waals surface area contributed by atoms with E-state index in [4.69, 9.17) is 26.4 Å². The SMILES string of the molecule is CCOc1ccc(N2C(=O)/C(=C/c3ccc(O[C@H](C)C(=O)[O-])c(OCC)c3)C(=O)NC2=S)cc1. The van der Waals surface area contributed by atoms with E-state index in [1.807, 2.05) is 6.92 Å². The predicted octanol–water partition coefficient (Wildman–Crippen LogP) is 1.83. The van der Waals surface area contributed by atoms with Crippen molar-refractivity contribution in [3.63, 3.8) is 0 Å². The Labute approximate surface area is 201 Å². The van der Waals surface area contributed by atoms with Crippen molar-refractivity contribution in [2.45, 2.75) is 26.9 Å². The molecule has 2 aromatic carbocycles. The van der Waals surface area contributed by atoms with Crippen LogP contribution in [0, 0.1) is 0 Å². The van der Waals surface area contributed by atoms with E-state index in [0.29, 0.717) is 23.6 Å². The molecule has 178 valence electrons. The molecule has 2 aromatic rings. The van der Waals surface area contributed by atoms with Gasteiger partial charge in [0.1, 0.15) is 17.4 Å². The summed E-state index contributed by atoms with van der Waals surface area (Å²) in [5.74, 6) is -1.52. The van der Waals surface area contributed by atoms with E-state index in [1.54, 1.807) is 43.3 Å². The Morgan fingerprint density at radius 1 is 1.09 bits per heavy atom. The molecule has 1 atom stereocenters. The summed E-state index contributed by atoms with van der Waals surface area (Å²) < 4.78 is 16.3. The summed E-state index contributed by atoms with van der Waals surface area (Å²) in [6.45, 7) is 5.75. The minimum Gasteiger partial charge on any atom is -0.546 e. The van der Waals surface area contributed by atoms with Crippen molar-refractivity contribution in [3.05, 3.63) is 53.6 Å².